The van der Waals surface area contributed by atoms with Gasteiger partial charge in [0.05, 0.1) is 22.4 Å². The number of halogens is 1. The van der Waals surface area contributed by atoms with E-state index in [2.05, 4.69) is 44.2 Å². The van der Waals surface area contributed by atoms with Gasteiger partial charge in [-0.1, -0.05) is 0 Å². The van der Waals surface area contributed by atoms with Gasteiger partial charge in [0.1, 0.15) is 5.82 Å². The number of nitrogens with zero attached hydrogens (tertiary/aromatic N) is 2. The SMILES string of the molecule is CC1c2ccsc2CCN1c1ncc(N)cc1Br. The van der Waals surface area contributed by atoms with Gasteiger partial charge >= 0.3 is 0 Å². The van der Waals surface area contributed by atoms with E-state index in [1.54, 1.807) is 6.20 Å². The lowest BCUT2D eigenvalue weighted by atomic mass is 10.0. The summed E-state index contributed by atoms with van der Waals surface area (Å²) in [6.07, 6.45) is 2.81. The summed E-state index contributed by atoms with van der Waals surface area (Å²) < 4.78 is 0.966. The fourth-order valence-corrected chi connectivity index (χ4v) is 4.01. The van der Waals surface area contributed by atoms with Crippen molar-refractivity contribution in [3.63, 3.8) is 0 Å². The molecule has 0 aromatic carbocycles. The molecular formula is C13H14BrN3S. The van der Waals surface area contributed by atoms with Crippen LogP contribution in [0.5, 0.6) is 0 Å². The van der Waals surface area contributed by atoms with Crippen molar-refractivity contribution in [1.29, 1.82) is 0 Å². The number of nitrogen functional groups attached to an aromatic ring is 1. The molecule has 3 nitrogen and oxygen atoms in total. The van der Waals surface area contributed by atoms with Crippen LogP contribution < -0.4 is 10.6 Å². The van der Waals surface area contributed by atoms with Gasteiger partial charge in [0, 0.05) is 11.4 Å². The van der Waals surface area contributed by atoms with E-state index in [0.29, 0.717) is 11.7 Å². The summed E-state index contributed by atoms with van der Waals surface area (Å²) >= 11 is 5.41. The van der Waals surface area contributed by atoms with Crippen molar-refractivity contribution in [3.05, 3.63) is 38.6 Å². The van der Waals surface area contributed by atoms with Gasteiger partial charge in [-0.3, -0.25) is 0 Å². The zero-order chi connectivity index (χ0) is 12.7. The third-order valence-corrected chi connectivity index (χ3v) is 4.97. The van der Waals surface area contributed by atoms with Crippen molar-refractivity contribution in [3.8, 4) is 0 Å². The first-order chi connectivity index (χ1) is 8.66. The highest BCUT2D eigenvalue weighted by Crippen LogP contribution is 2.38. The standard InChI is InChI=1S/C13H14BrN3S/c1-8-10-3-5-18-12(10)2-4-17(8)13-11(14)6-9(15)7-16-13/h3,5-8H,2,4,15H2,1H3. The molecule has 94 valence electrons. The Balaban J connectivity index is 1.99. The topological polar surface area (TPSA) is 42.2 Å². The summed E-state index contributed by atoms with van der Waals surface area (Å²) in [5.41, 5.74) is 7.86. The molecule has 2 aromatic heterocycles. The van der Waals surface area contributed by atoms with Crippen LogP contribution in [0, 0.1) is 0 Å². The first kappa shape index (κ1) is 12.0. The molecule has 1 unspecified atom stereocenters. The van der Waals surface area contributed by atoms with E-state index < -0.39 is 0 Å². The lowest BCUT2D eigenvalue weighted by Gasteiger charge is -2.35. The van der Waals surface area contributed by atoms with Gasteiger partial charge in [0.2, 0.25) is 0 Å². The minimum Gasteiger partial charge on any atom is -0.397 e. The zero-order valence-electron chi connectivity index (χ0n) is 10.1. The molecule has 2 N–H and O–H groups in total. The number of anilines is 2. The van der Waals surface area contributed by atoms with Crippen LogP contribution in [-0.4, -0.2) is 11.5 Å². The highest BCUT2D eigenvalue weighted by Gasteiger charge is 2.26. The number of nitrogens with two attached hydrogens (primary N) is 1. The van der Waals surface area contributed by atoms with Crippen molar-refractivity contribution >= 4 is 38.8 Å². The molecule has 5 heteroatoms. The summed E-state index contributed by atoms with van der Waals surface area (Å²) in [4.78, 5) is 8.30. The molecule has 1 aliphatic heterocycles. The number of rotatable bonds is 1. The van der Waals surface area contributed by atoms with Crippen molar-refractivity contribution in [1.82, 2.24) is 4.98 Å². The van der Waals surface area contributed by atoms with Crippen LogP contribution in [0.25, 0.3) is 0 Å². The monoisotopic (exact) mass is 323 g/mol. The Bertz CT molecular complexity index is 581. The second kappa shape index (κ2) is 4.55. The highest BCUT2D eigenvalue weighted by molar-refractivity contribution is 9.10. The number of aromatic nitrogens is 1. The van der Waals surface area contributed by atoms with Gasteiger partial charge in [-0.25, -0.2) is 4.98 Å². The average molecular weight is 324 g/mol. The lowest BCUT2D eigenvalue weighted by Crippen LogP contribution is -2.34. The number of fused-ring (bicyclic) bond motifs is 1. The van der Waals surface area contributed by atoms with Gasteiger partial charge in [-0.15, -0.1) is 11.3 Å². The largest absolute Gasteiger partial charge is 0.397 e. The van der Waals surface area contributed by atoms with Crippen LogP contribution in [-0.2, 0) is 6.42 Å². The first-order valence-corrected chi connectivity index (χ1v) is 7.58. The number of thiophene rings is 1. The maximum Gasteiger partial charge on any atom is 0.143 e. The number of pyridine rings is 1. The number of hydrogen-bond donors (Lipinski definition) is 1. The Labute approximate surface area is 119 Å². The van der Waals surface area contributed by atoms with E-state index >= 15 is 0 Å². The minimum atomic E-state index is 0.368. The predicted molar refractivity (Wildman–Crippen MR) is 80.1 cm³/mol. The van der Waals surface area contributed by atoms with Crippen molar-refractivity contribution in [2.75, 3.05) is 17.2 Å². The molecule has 0 bridgehead atoms. The normalized spacial score (nSPS) is 18.8. The molecule has 0 aliphatic carbocycles. The molecule has 1 aliphatic rings. The van der Waals surface area contributed by atoms with Crippen LogP contribution in [0.3, 0.4) is 0 Å². The highest BCUT2D eigenvalue weighted by atomic mass is 79.9. The summed E-state index contributed by atoms with van der Waals surface area (Å²) in [7, 11) is 0. The van der Waals surface area contributed by atoms with Crippen molar-refractivity contribution < 1.29 is 0 Å². The molecule has 3 heterocycles. The summed E-state index contributed by atoms with van der Waals surface area (Å²) in [5.74, 6) is 0.980. The average Bonchev–Trinajstić information content (AvgIpc) is 2.80. The summed E-state index contributed by atoms with van der Waals surface area (Å²) in [5, 5.41) is 2.18. The molecule has 0 amide bonds. The van der Waals surface area contributed by atoms with Gasteiger partial charge < -0.3 is 10.6 Å². The Kier molecular flexibility index (Phi) is 3.03. The molecule has 18 heavy (non-hydrogen) atoms. The van der Waals surface area contributed by atoms with Crippen LogP contribution in [0.2, 0.25) is 0 Å². The molecule has 3 rings (SSSR count). The maximum absolute atomic E-state index is 5.74. The van der Waals surface area contributed by atoms with Gasteiger partial charge in [0.25, 0.3) is 0 Å². The third-order valence-electron chi connectivity index (χ3n) is 3.39. The summed E-state index contributed by atoms with van der Waals surface area (Å²) in [6.45, 7) is 3.24. The second-order valence-electron chi connectivity index (χ2n) is 4.49. The van der Waals surface area contributed by atoms with E-state index in [9.17, 15) is 0 Å². The first-order valence-electron chi connectivity index (χ1n) is 5.90. The second-order valence-corrected chi connectivity index (χ2v) is 6.35. The molecule has 0 fully saturated rings. The van der Waals surface area contributed by atoms with Gasteiger partial charge in [0.15, 0.2) is 0 Å². The molecule has 0 spiro atoms. The van der Waals surface area contributed by atoms with E-state index in [1.165, 1.54) is 10.4 Å². The van der Waals surface area contributed by atoms with Crippen LogP contribution >= 0.6 is 27.3 Å². The lowest BCUT2D eigenvalue weighted by molar-refractivity contribution is 0.624. The summed E-state index contributed by atoms with van der Waals surface area (Å²) in [6, 6.07) is 4.51. The van der Waals surface area contributed by atoms with E-state index in [4.69, 9.17) is 5.73 Å². The molecule has 0 saturated carbocycles. The molecule has 2 aromatic rings. The molecule has 0 radical (unpaired) electrons. The third kappa shape index (κ3) is 1.91. The quantitative estimate of drug-likeness (QED) is 0.871. The Morgan fingerprint density at radius 1 is 1.56 bits per heavy atom. The molecule has 0 saturated heterocycles. The van der Waals surface area contributed by atoms with Crippen LogP contribution in [0.4, 0.5) is 11.5 Å². The van der Waals surface area contributed by atoms with E-state index in [-0.39, 0.29) is 0 Å². The molecule has 1 atom stereocenters. The van der Waals surface area contributed by atoms with Crippen LogP contribution in [0.15, 0.2) is 28.2 Å². The van der Waals surface area contributed by atoms with Crippen molar-refractivity contribution in [2.24, 2.45) is 0 Å². The maximum atomic E-state index is 5.74. The van der Waals surface area contributed by atoms with Gasteiger partial charge in [-0.2, -0.15) is 0 Å². The smallest absolute Gasteiger partial charge is 0.143 e. The predicted octanol–water partition coefficient (Wildman–Crippen LogP) is 3.61. The minimum absolute atomic E-state index is 0.368. The zero-order valence-corrected chi connectivity index (χ0v) is 12.5. The van der Waals surface area contributed by atoms with Gasteiger partial charge in [-0.05, 0) is 52.4 Å². The Morgan fingerprint density at radius 3 is 3.17 bits per heavy atom. The van der Waals surface area contributed by atoms with E-state index in [0.717, 1.165) is 23.3 Å². The fourth-order valence-electron chi connectivity index (χ4n) is 2.46. The Morgan fingerprint density at radius 2 is 2.39 bits per heavy atom. The van der Waals surface area contributed by atoms with Crippen molar-refractivity contribution in [2.45, 2.75) is 19.4 Å². The number of hydrogen-bond acceptors (Lipinski definition) is 4. The molecular weight excluding hydrogens is 310 g/mol. The Hall–Kier alpha value is -1.07. The fraction of sp³-hybridized carbons (Fsp3) is 0.308. The van der Waals surface area contributed by atoms with Crippen LogP contribution in [0.1, 0.15) is 23.4 Å². The van der Waals surface area contributed by atoms with E-state index in [1.807, 2.05) is 17.4 Å².